The summed E-state index contributed by atoms with van der Waals surface area (Å²) >= 11 is 0. The average molecular weight is 331 g/mol. The summed E-state index contributed by atoms with van der Waals surface area (Å²) in [6.45, 7) is 0. The van der Waals surface area contributed by atoms with Gasteiger partial charge in [-0.05, 0) is 30.3 Å². The van der Waals surface area contributed by atoms with Crippen LogP contribution in [0.4, 0.5) is 11.5 Å². The van der Waals surface area contributed by atoms with Gasteiger partial charge in [0.15, 0.2) is 0 Å². The minimum atomic E-state index is -0.202. The van der Waals surface area contributed by atoms with E-state index in [2.05, 4.69) is 10.3 Å². The number of rotatable bonds is 3. The van der Waals surface area contributed by atoms with Crippen LogP contribution in [-0.2, 0) is 0 Å². The first-order valence-corrected chi connectivity index (χ1v) is 7.98. The second-order valence-corrected chi connectivity index (χ2v) is 6.03. The van der Waals surface area contributed by atoms with Crippen molar-refractivity contribution in [2.45, 2.75) is 0 Å². The standard InChI is InChI=1S/C20H17N3O2/c1-23(2)19-16(7-5-11-21-19)20(24)22-13-9-10-15-14-6-3-4-8-17(14)25-18(15)12-13/h3-12H,1-2H3,(H,22,24). The largest absolute Gasteiger partial charge is 0.456 e. The molecule has 0 atom stereocenters. The predicted octanol–water partition coefficient (Wildman–Crippen LogP) is 4.30. The van der Waals surface area contributed by atoms with Gasteiger partial charge in [-0.3, -0.25) is 4.79 Å². The highest BCUT2D eigenvalue weighted by atomic mass is 16.3. The van der Waals surface area contributed by atoms with Gasteiger partial charge >= 0.3 is 0 Å². The molecule has 0 fully saturated rings. The normalized spacial score (nSPS) is 11.0. The molecule has 0 spiro atoms. The van der Waals surface area contributed by atoms with E-state index in [0.29, 0.717) is 17.1 Å². The molecule has 0 saturated heterocycles. The van der Waals surface area contributed by atoms with Gasteiger partial charge in [-0.25, -0.2) is 4.98 Å². The van der Waals surface area contributed by atoms with Gasteiger partial charge in [0.2, 0.25) is 0 Å². The molecule has 25 heavy (non-hydrogen) atoms. The number of anilines is 2. The summed E-state index contributed by atoms with van der Waals surface area (Å²) in [5.41, 5.74) is 2.79. The summed E-state index contributed by atoms with van der Waals surface area (Å²) in [6.07, 6.45) is 1.67. The molecule has 5 heteroatoms. The number of nitrogens with zero attached hydrogens (tertiary/aromatic N) is 2. The Labute approximate surface area is 144 Å². The number of carbonyl (C=O) groups excluding carboxylic acids is 1. The summed E-state index contributed by atoms with van der Waals surface area (Å²) in [5.74, 6) is 0.428. The van der Waals surface area contributed by atoms with Gasteiger partial charge in [-0.2, -0.15) is 0 Å². The van der Waals surface area contributed by atoms with E-state index in [4.69, 9.17) is 4.42 Å². The Morgan fingerprint density at radius 2 is 1.80 bits per heavy atom. The molecule has 0 bridgehead atoms. The van der Waals surface area contributed by atoms with Crippen molar-refractivity contribution in [3.63, 3.8) is 0 Å². The fourth-order valence-electron chi connectivity index (χ4n) is 2.93. The number of hydrogen-bond acceptors (Lipinski definition) is 4. The monoisotopic (exact) mass is 331 g/mol. The van der Waals surface area contributed by atoms with Crippen molar-refractivity contribution in [2.75, 3.05) is 24.3 Å². The van der Waals surface area contributed by atoms with Crippen LogP contribution in [0.2, 0.25) is 0 Å². The van der Waals surface area contributed by atoms with Gasteiger partial charge in [0.05, 0.1) is 5.56 Å². The summed E-state index contributed by atoms with van der Waals surface area (Å²) in [4.78, 5) is 18.7. The SMILES string of the molecule is CN(C)c1ncccc1C(=O)Nc1ccc2c(c1)oc1ccccc12. The molecule has 4 aromatic rings. The second kappa shape index (κ2) is 5.94. The summed E-state index contributed by atoms with van der Waals surface area (Å²) in [5, 5.41) is 5.02. The van der Waals surface area contributed by atoms with Gasteiger partial charge < -0.3 is 14.6 Å². The van der Waals surface area contributed by atoms with E-state index < -0.39 is 0 Å². The molecule has 2 heterocycles. The molecule has 4 rings (SSSR count). The molecule has 124 valence electrons. The Bertz CT molecular complexity index is 1080. The number of carbonyl (C=O) groups is 1. The van der Waals surface area contributed by atoms with Crippen LogP contribution in [0, 0.1) is 0 Å². The van der Waals surface area contributed by atoms with Crippen molar-refractivity contribution in [2.24, 2.45) is 0 Å². The quantitative estimate of drug-likeness (QED) is 0.608. The number of aromatic nitrogens is 1. The van der Waals surface area contributed by atoms with Gasteiger partial charge in [-0.15, -0.1) is 0 Å². The number of pyridine rings is 1. The van der Waals surface area contributed by atoms with E-state index in [9.17, 15) is 4.79 Å². The third kappa shape index (κ3) is 2.70. The molecule has 0 unspecified atom stereocenters. The molecule has 1 N–H and O–H groups in total. The van der Waals surface area contributed by atoms with Crippen molar-refractivity contribution in [1.29, 1.82) is 0 Å². The Morgan fingerprint density at radius 3 is 2.64 bits per heavy atom. The maximum atomic E-state index is 12.6. The highest BCUT2D eigenvalue weighted by Gasteiger charge is 2.15. The fraction of sp³-hybridized carbons (Fsp3) is 0.100. The van der Waals surface area contributed by atoms with Crippen LogP contribution in [-0.4, -0.2) is 25.0 Å². The lowest BCUT2D eigenvalue weighted by Gasteiger charge is -2.15. The lowest BCUT2D eigenvalue weighted by molar-refractivity contribution is 0.102. The van der Waals surface area contributed by atoms with Gasteiger partial charge in [0.25, 0.3) is 5.91 Å². The number of amides is 1. The molecule has 5 nitrogen and oxygen atoms in total. The zero-order chi connectivity index (χ0) is 17.4. The van der Waals surface area contributed by atoms with Crippen LogP contribution in [0.15, 0.2) is 65.2 Å². The highest BCUT2D eigenvalue weighted by molar-refractivity contribution is 6.10. The van der Waals surface area contributed by atoms with Crippen molar-refractivity contribution in [1.82, 2.24) is 4.98 Å². The Balaban J connectivity index is 1.69. The van der Waals surface area contributed by atoms with Crippen LogP contribution in [0.5, 0.6) is 0 Å². The van der Waals surface area contributed by atoms with Crippen LogP contribution >= 0.6 is 0 Å². The first kappa shape index (κ1) is 15.2. The maximum absolute atomic E-state index is 12.6. The lowest BCUT2D eigenvalue weighted by atomic mass is 10.1. The molecule has 0 aliphatic rings. The third-order valence-corrected chi connectivity index (χ3v) is 4.09. The molecule has 0 aliphatic heterocycles. The molecule has 1 amide bonds. The Kier molecular flexibility index (Phi) is 3.61. The predicted molar refractivity (Wildman–Crippen MR) is 100 cm³/mol. The molecular weight excluding hydrogens is 314 g/mol. The fourth-order valence-corrected chi connectivity index (χ4v) is 2.93. The van der Waals surface area contributed by atoms with Crippen molar-refractivity contribution < 1.29 is 9.21 Å². The van der Waals surface area contributed by atoms with Crippen molar-refractivity contribution in [3.8, 4) is 0 Å². The molecule has 2 aromatic carbocycles. The van der Waals surface area contributed by atoms with Gasteiger partial charge in [-0.1, -0.05) is 18.2 Å². The molecule has 0 saturated carbocycles. The number of nitrogens with one attached hydrogen (secondary N) is 1. The van der Waals surface area contributed by atoms with E-state index >= 15 is 0 Å². The smallest absolute Gasteiger partial charge is 0.259 e. The van der Waals surface area contributed by atoms with Crippen LogP contribution in [0.3, 0.4) is 0 Å². The minimum absolute atomic E-state index is 0.202. The minimum Gasteiger partial charge on any atom is -0.456 e. The first-order chi connectivity index (χ1) is 12.1. The first-order valence-electron chi connectivity index (χ1n) is 7.98. The summed E-state index contributed by atoms with van der Waals surface area (Å²) in [6, 6.07) is 17.1. The number of furan rings is 1. The van der Waals surface area contributed by atoms with Gasteiger partial charge in [0.1, 0.15) is 17.0 Å². The number of para-hydroxylation sites is 1. The van der Waals surface area contributed by atoms with E-state index in [1.54, 1.807) is 18.3 Å². The van der Waals surface area contributed by atoms with E-state index in [0.717, 1.165) is 21.9 Å². The number of fused-ring (bicyclic) bond motifs is 3. The Morgan fingerprint density at radius 1 is 1.00 bits per heavy atom. The second-order valence-electron chi connectivity index (χ2n) is 6.03. The topological polar surface area (TPSA) is 58.4 Å². The Hall–Kier alpha value is -3.34. The maximum Gasteiger partial charge on any atom is 0.259 e. The van der Waals surface area contributed by atoms with E-state index in [1.807, 2.05) is 61.5 Å². The lowest BCUT2D eigenvalue weighted by Crippen LogP contribution is -2.19. The molecule has 0 radical (unpaired) electrons. The van der Waals surface area contributed by atoms with E-state index in [-0.39, 0.29) is 5.91 Å². The average Bonchev–Trinajstić information content (AvgIpc) is 2.99. The van der Waals surface area contributed by atoms with Gasteiger partial charge in [0, 0.05) is 42.8 Å². The zero-order valence-corrected chi connectivity index (χ0v) is 14.0. The van der Waals surface area contributed by atoms with Crippen LogP contribution in [0.1, 0.15) is 10.4 Å². The summed E-state index contributed by atoms with van der Waals surface area (Å²) < 4.78 is 5.87. The molecule has 0 aliphatic carbocycles. The number of benzene rings is 2. The summed E-state index contributed by atoms with van der Waals surface area (Å²) in [7, 11) is 3.72. The molecular formula is C20H17N3O2. The van der Waals surface area contributed by atoms with E-state index in [1.165, 1.54) is 0 Å². The zero-order valence-electron chi connectivity index (χ0n) is 14.0. The van der Waals surface area contributed by atoms with Crippen molar-refractivity contribution in [3.05, 3.63) is 66.4 Å². The van der Waals surface area contributed by atoms with Crippen molar-refractivity contribution >= 4 is 39.4 Å². The molecule has 2 aromatic heterocycles. The highest BCUT2D eigenvalue weighted by Crippen LogP contribution is 2.30. The van der Waals surface area contributed by atoms with Crippen LogP contribution in [0.25, 0.3) is 21.9 Å². The van der Waals surface area contributed by atoms with Crippen LogP contribution < -0.4 is 10.2 Å². The number of hydrogen-bond donors (Lipinski definition) is 1. The third-order valence-electron chi connectivity index (χ3n) is 4.09.